The molecule has 0 spiro atoms. The number of anilines is 2. The average molecular weight is 251 g/mol. The van der Waals surface area contributed by atoms with Gasteiger partial charge in [-0.05, 0) is 31.6 Å². The van der Waals surface area contributed by atoms with Gasteiger partial charge in [-0.1, -0.05) is 13.3 Å². The first-order valence-electron chi connectivity index (χ1n) is 6.55. The number of hydrogen-bond acceptors (Lipinski definition) is 6. The summed E-state index contributed by atoms with van der Waals surface area (Å²) in [7, 11) is 0. The molecular weight excluding hydrogens is 230 g/mol. The van der Waals surface area contributed by atoms with E-state index >= 15 is 0 Å². The normalized spacial score (nSPS) is 23.0. The highest BCUT2D eigenvalue weighted by molar-refractivity contribution is 5.32. The van der Waals surface area contributed by atoms with Crippen molar-refractivity contribution in [3.8, 4) is 6.01 Å². The van der Waals surface area contributed by atoms with Gasteiger partial charge in [-0.3, -0.25) is 0 Å². The molecule has 1 aliphatic rings. The molecular formula is C12H21N5O. The first kappa shape index (κ1) is 12.9. The summed E-state index contributed by atoms with van der Waals surface area (Å²) in [5.41, 5.74) is 5.61. The highest BCUT2D eigenvalue weighted by Crippen LogP contribution is 2.30. The van der Waals surface area contributed by atoms with Crippen LogP contribution in [-0.4, -0.2) is 28.1 Å². The highest BCUT2D eigenvalue weighted by Gasteiger charge is 2.21. The van der Waals surface area contributed by atoms with Gasteiger partial charge in [0.05, 0.1) is 6.61 Å². The lowest BCUT2D eigenvalue weighted by Gasteiger charge is -2.11. The molecule has 0 aliphatic heterocycles. The van der Waals surface area contributed by atoms with Crippen LogP contribution in [-0.2, 0) is 0 Å². The van der Waals surface area contributed by atoms with Crippen molar-refractivity contribution in [2.45, 2.75) is 33.1 Å². The number of nitrogens with two attached hydrogens (primary N) is 1. The van der Waals surface area contributed by atoms with Crippen molar-refractivity contribution in [2.75, 3.05) is 24.2 Å². The number of hydrogen-bond donors (Lipinski definition) is 2. The van der Waals surface area contributed by atoms with Crippen LogP contribution in [0.3, 0.4) is 0 Å². The van der Waals surface area contributed by atoms with E-state index in [-0.39, 0.29) is 12.0 Å². The number of nitrogen functional groups attached to an aromatic ring is 1. The number of aromatic nitrogens is 3. The molecule has 1 aromatic rings. The molecule has 0 aromatic carbocycles. The Morgan fingerprint density at radius 3 is 2.83 bits per heavy atom. The maximum Gasteiger partial charge on any atom is 0.323 e. The number of ether oxygens (including phenoxy) is 1. The third-order valence-electron chi connectivity index (χ3n) is 3.26. The van der Waals surface area contributed by atoms with Crippen molar-refractivity contribution in [2.24, 2.45) is 11.8 Å². The van der Waals surface area contributed by atoms with Crippen molar-refractivity contribution in [3.63, 3.8) is 0 Å². The first-order chi connectivity index (χ1) is 8.67. The largest absolute Gasteiger partial charge is 0.464 e. The predicted molar refractivity (Wildman–Crippen MR) is 70.4 cm³/mol. The minimum Gasteiger partial charge on any atom is -0.464 e. The van der Waals surface area contributed by atoms with Gasteiger partial charge in [0, 0.05) is 6.54 Å². The van der Waals surface area contributed by atoms with E-state index in [1.165, 1.54) is 19.3 Å². The van der Waals surface area contributed by atoms with Crippen molar-refractivity contribution < 1.29 is 4.74 Å². The van der Waals surface area contributed by atoms with Crippen LogP contribution in [0.2, 0.25) is 0 Å². The zero-order valence-electron chi connectivity index (χ0n) is 11.0. The molecule has 1 heterocycles. The van der Waals surface area contributed by atoms with Gasteiger partial charge in [0.25, 0.3) is 0 Å². The molecule has 1 fully saturated rings. The Labute approximate surface area is 107 Å². The lowest BCUT2D eigenvalue weighted by atomic mass is 10.1. The molecule has 6 nitrogen and oxygen atoms in total. The van der Waals surface area contributed by atoms with Crippen LogP contribution in [0, 0.1) is 11.8 Å². The Morgan fingerprint density at radius 2 is 2.17 bits per heavy atom. The summed E-state index contributed by atoms with van der Waals surface area (Å²) in [6.45, 7) is 5.59. The third-order valence-corrected chi connectivity index (χ3v) is 3.26. The van der Waals surface area contributed by atoms with Gasteiger partial charge in [-0.2, -0.15) is 15.0 Å². The monoisotopic (exact) mass is 251 g/mol. The summed E-state index contributed by atoms with van der Waals surface area (Å²) in [6, 6.07) is 0.285. The second kappa shape index (κ2) is 5.84. The van der Waals surface area contributed by atoms with Crippen molar-refractivity contribution in [1.29, 1.82) is 0 Å². The summed E-state index contributed by atoms with van der Waals surface area (Å²) >= 11 is 0. The molecule has 1 saturated carbocycles. The van der Waals surface area contributed by atoms with Crippen LogP contribution in [0.4, 0.5) is 11.9 Å². The summed E-state index contributed by atoms with van der Waals surface area (Å²) < 4.78 is 5.23. The summed E-state index contributed by atoms with van der Waals surface area (Å²) in [6.07, 6.45) is 3.86. The number of rotatable bonds is 5. The molecule has 0 saturated heterocycles. The summed E-state index contributed by atoms with van der Waals surface area (Å²) in [5.74, 6) is 2.23. The molecule has 0 radical (unpaired) electrons. The van der Waals surface area contributed by atoms with Crippen molar-refractivity contribution in [3.05, 3.63) is 0 Å². The maximum absolute atomic E-state index is 5.61. The fourth-order valence-corrected chi connectivity index (χ4v) is 2.39. The predicted octanol–water partition coefficient (Wildman–Crippen LogP) is 1.70. The Hall–Kier alpha value is -1.59. The van der Waals surface area contributed by atoms with Gasteiger partial charge in [0.15, 0.2) is 0 Å². The highest BCUT2D eigenvalue weighted by atomic mass is 16.5. The molecule has 1 aliphatic carbocycles. The molecule has 18 heavy (non-hydrogen) atoms. The van der Waals surface area contributed by atoms with E-state index in [0.717, 1.165) is 12.5 Å². The average Bonchev–Trinajstić information content (AvgIpc) is 2.72. The van der Waals surface area contributed by atoms with E-state index in [4.69, 9.17) is 10.5 Å². The summed E-state index contributed by atoms with van der Waals surface area (Å²) in [5, 5.41) is 3.22. The number of nitrogens with one attached hydrogen (secondary N) is 1. The smallest absolute Gasteiger partial charge is 0.323 e. The molecule has 6 heteroatoms. The van der Waals surface area contributed by atoms with Crippen molar-refractivity contribution >= 4 is 11.9 Å². The zero-order valence-corrected chi connectivity index (χ0v) is 11.0. The maximum atomic E-state index is 5.61. The molecule has 2 rings (SSSR count). The van der Waals surface area contributed by atoms with E-state index < -0.39 is 0 Å². The van der Waals surface area contributed by atoms with E-state index in [2.05, 4.69) is 27.2 Å². The zero-order chi connectivity index (χ0) is 13.0. The van der Waals surface area contributed by atoms with Crippen LogP contribution in [0.5, 0.6) is 6.01 Å². The van der Waals surface area contributed by atoms with Crippen LogP contribution in [0.25, 0.3) is 0 Å². The van der Waals surface area contributed by atoms with E-state index in [0.29, 0.717) is 18.5 Å². The Morgan fingerprint density at radius 1 is 1.33 bits per heavy atom. The molecule has 0 bridgehead atoms. The van der Waals surface area contributed by atoms with Crippen LogP contribution < -0.4 is 15.8 Å². The SMILES string of the molecule is CCOc1nc(N)nc(NCC2CCC(C)C2)n1. The van der Waals surface area contributed by atoms with E-state index in [1.807, 2.05) is 6.92 Å². The van der Waals surface area contributed by atoms with Gasteiger partial charge < -0.3 is 15.8 Å². The topological polar surface area (TPSA) is 86.0 Å². The Bertz CT molecular complexity index is 398. The van der Waals surface area contributed by atoms with Crippen LogP contribution >= 0.6 is 0 Å². The molecule has 3 N–H and O–H groups in total. The molecule has 100 valence electrons. The van der Waals surface area contributed by atoms with E-state index in [9.17, 15) is 0 Å². The van der Waals surface area contributed by atoms with Crippen LogP contribution in [0.15, 0.2) is 0 Å². The quantitative estimate of drug-likeness (QED) is 0.828. The second-order valence-corrected chi connectivity index (χ2v) is 4.90. The fraction of sp³-hybridized carbons (Fsp3) is 0.750. The van der Waals surface area contributed by atoms with E-state index in [1.54, 1.807) is 0 Å². The Kier molecular flexibility index (Phi) is 4.17. The van der Waals surface area contributed by atoms with Gasteiger partial charge in [0.1, 0.15) is 0 Å². The van der Waals surface area contributed by atoms with Gasteiger partial charge in [0.2, 0.25) is 11.9 Å². The minimum absolute atomic E-state index is 0.190. The Balaban J connectivity index is 1.92. The standard InChI is InChI=1S/C12H21N5O/c1-3-18-12-16-10(13)15-11(17-12)14-7-9-5-4-8(2)6-9/h8-9H,3-7H2,1-2H3,(H3,13,14,15,16,17). The molecule has 0 amide bonds. The molecule has 2 atom stereocenters. The lowest BCUT2D eigenvalue weighted by molar-refractivity contribution is 0.312. The third kappa shape index (κ3) is 3.45. The lowest BCUT2D eigenvalue weighted by Crippen LogP contribution is -2.15. The van der Waals surface area contributed by atoms with Gasteiger partial charge >= 0.3 is 6.01 Å². The van der Waals surface area contributed by atoms with Gasteiger partial charge in [-0.25, -0.2) is 0 Å². The van der Waals surface area contributed by atoms with Crippen molar-refractivity contribution in [1.82, 2.24) is 15.0 Å². The minimum atomic E-state index is 0.190. The number of nitrogens with zero attached hydrogens (tertiary/aromatic N) is 3. The molecule has 2 unspecified atom stereocenters. The first-order valence-corrected chi connectivity index (χ1v) is 6.55. The van der Waals surface area contributed by atoms with Crippen LogP contribution in [0.1, 0.15) is 33.1 Å². The van der Waals surface area contributed by atoms with Gasteiger partial charge in [-0.15, -0.1) is 0 Å². The summed E-state index contributed by atoms with van der Waals surface area (Å²) in [4.78, 5) is 12.1. The molecule has 1 aromatic heterocycles. The fourth-order valence-electron chi connectivity index (χ4n) is 2.39. The second-order valence-electron chi connectivity index (χ2n) is 4.90.